The summed E-state index contributed by atoms with van der Waals surface area (Å²) in [4.78, 5) is 0. The summed E-state index contributed by atoms with van der Waals surface area (Å²) in [6.07, 6.45) is 6.77. The third kappa shape index (κ3) is 5.21. The van der Waals surface area contributed by atoms with Crippen molar-refractivity contribution >= 4 is 11.8 Å². The van der Waals surface area contributed by atoms with Crippen molar-refractivity contribution in [1.82, 2.24) is 5.32 Å². The van der Waals surface area contributed by atoms with E-state index in [2.05, 4.69) is 44.8 Å². The van der Waals surface area contributed by atoms with E-state index in [-0.39, 0.29) is 0 Å². The molecule has 4 unspecified atom stereocenters. The Morgan fingerprint density at radius 3 is 2.53 bits per heavy atom. The van der Waals surface area contributed by atoms with Crippen LogP contribution >= 0.6 is 11.8 Å². The van der Waals surface area contributed by atoms with Gasteiger partial charge in [0.1, 0.15) is 0 Å². The molecule has 0 bridgehead atoms. The summed E-state index contributed by atoms with van der Waals surface area (Å²) < 4.78 is 0. The zero-order valence-corrected chi connectivity index (χ0v) is 13.0. The predicted molar refractivity (Wildman–Crippen MR) is 80.8 cm³/mol. The minimum absolute atomic E-state index is 0.760. The van der Waals surface area contributed by atoms with Crippen molar-refractivity contribution in [2.24, 2.45) is 11.8 Å². The van der Waals surface area contributed by atoms with Crippen LogP contribution in [0.3, 0.4) is 0 Å². The van der Waals surface area contributed by atoms with E-state index in [9.17, 15) is 0 Å². The van der Waals surface area contributed by atoms with Gasteiger partial charge in [-0.2, -0.15) is 11.8 Å². The molecule has 0 aromatic rings. The number of nitrogens with one attached hydrogen (secondary N) is 1. The molecule has 2 heteroatoms. The second-order valence-corrected chi connectivity index (χ2v) is 7.09. The monoisotopic (exact) mass is 257 g/mol. The first-order chi connectivity index (χ1) is 8.19. The molecule has 0 heterocycles. The second kappa shape index (κ2) is 8.42. The van der Waals surface area contributed by atoms with E-state index < -0.39 is 0 Å². The highest BCUT2D eigenvalue weighted by Crippen LogP contribution is 2.36. The SMILES string of the molecule is CCCCSC1C(C)CC(C)CC1NCCC. The van der Waals surface area contributed by atoms with E-state index in [1.54, 1.807) is 0 Å². The van der Waals surface area contributed by atoms with Crippen LogP contribution in [0.5, 0.6) is 0 Å². The number of thioether (sulfide) groups is 1. The third-order valence-electron chi connectivity index (χ3n) is 3.85. The fourth-order valence-corrected chi connectivity index (χ4v) is 4.61. The molecule has 4 atom stereocenters. The first-order valence-electron chi connectivity index (χ1n) is 7.54. The summed E-state index contributed by atoms with van der Waals surface area (Å²) >= 11 is 2.23. The molecular weight excluding hydrogens is 226 g/mol. The molecule has 1 aliphatic rings. The average Bonchev–Trinajstić information content (AvgIpc) is 2.29. The molecule has 1 nitrogen and oxygen atoms in total. The lowest BCUT2D eigenvalue weighted by Crippen LogP contribution is -2.46. The summed E-state index contributed by atoms with van der Waals surface area (Å²) in [6, 6.07) is 0.760. The number of hydrogen-bond donors (Lipinski definition) is 1. The molecule has 1 rings (SSSR count). The summed E-state index contributed by atoms with van der Waals surface area (Å²) in [7, 11) is 0. The van der Waals surface area contributed by atoms with Gasteiger partial charge in [-0.15, -0.1) is 0 Å². The highest BCUT2D eigenvalue weighted by atomic mass is 32.2. The van der Waals surface area contributed by atoms with E-state index in [0.29, 0.717) is 0 Å². The summed E-state index contributed by atoms with van der Waals surface area (Å²) in [5.41, 5.74) is 0. The minimum atomic E-state index is 0.760. The Hall–Kier alpha value is 0.310. The van der Waals surface area contributed by atoms with Crippen molar-refractivity contribution in [2.45, 2.75) is 71.1 Å². The van der Waals surface area contributed by atoms with Crippen LogP contribution in [0.1, 0.15) is 59.8 Å². The molecule has 1 N–H and O–H groups in total. The molecule has 0 saturated heterocycles. The minimum Gasteiger partial charge on any atom is -0.313 e. The summed E-state index contributed by atoms with van der Waals surface area (Å²) in [5, 5.41) is 4.64. The fourth-order valence-electron chi connectivity index (χ4n) is 3.00. The van der Waals surface area contributed by atoms with Gasteiger partial charge in [-0.1, -0.05) is 34.1 Å². The van der Waals surface area contributed by atoms with Crippen LogP contribution in [0, 0.1) is 11.8 Å². The topological polar surface area (TPSA) is 12.0 Å². The Labute approximate surface area is 113 Å². The number of hydrogen-bond acceptors (Lipinski definition) is 2. The summed E-state index contributed by atoms with van der Waals surface area (Å²) in [5.74, 6) is 3.14. The van der Waals surface area contributed by atoms with Gasteiger partial charge in [-0.05, 0) is 49.8 Å². The molecule has 102 valence electrons. The van der Waals surface area contributed by atoms with Crippen molar-refractivity contribution in [2.75, 3.05) is 12.3 Å². The predicted octanol–water partition coefficient (Wildman–Crippen LogP) is 4.32. The molecule has 1 aliphatic carbocycles. The lowest BCUT2D eigenvalue weighted by molar-refractivity contribution is 0.249. The molecule has 1 saturated carbocycles. The fraction of sp³-hybridized carbons (Fsp3) is 1.00. The highest BCUT2D eigenvalue weighted by molar-refractivity contribution is 7.99. The second-order valence-electron chi connectivity index (χ2n) is 5.80. The van der Waals surface area contributed by atoms with Crippen LogP contribution in [0.2, 0.25) is 0 Å². The smallest absolute Gasteiger partial charge is 0.0226 e. The lowest BCUT2D eigenvalue weighted by Gasteiger charge is -2.40. The van der Waals surface area contributed by atoms with Crippen molar-refractivity contribution in [3.05, 3.63) is 0 Å². The Morgan fingerprint density at radius 1 is 1.12 bits per heavy atom. The molecule has 0 aliphatic heterocycles. The van der Waals surface area contributed by atoms with Gasteiger partial charge in [0, 0.05) is 11.3 Å². The Balaban J connectivity index is 2.46. The quantitative estimate of drug-likeness (QED) is 0.682. The molecule has 0 aromatic carbocycles. The van der Waals surface area contributed by atoms with Crippen molar-refractivity contribution in [3.63, 3.8) is 0 Å². The van der Waals surface area contributed by atoms with Gasteiger partial charge in [0.15, 0.2) is 0 Å². The normalized spacial score (nSPS) is 33.9. The molecular formula is C15H31NS. The molecule has 0 aromatic heterocycles. The van der Waals surface area contributed by atoms with Gasteiger partial charge in [-0.25, -0.2) is 0 Å². The van der Waals surface area contributed by atoms with Gasteiger partial charge in [0.2, 0.25) is 0 Å². The van der Waals surface area contributed by atoms with Crippen LogP contribution < -0.4 is 5.32 Å². The maximum absolute atomic E-state index is 3.79. The zero-order chi connectivity index (χ0) is 12.7. The Bertz CT molecular complexity index is 195. The van der Waals surface area contributed by atoms with Gasteiger partial charge < -0.3 is 5.32 Å². The van der Waals surface area contributed by atoms with Crippen molar-refractivity contribution in [3.8, 4) is 0 Å². The molecule has 0 radical (unpaired) electrons. The van der Waals surface area contributed by atoms with E-state index >= 15 is 0 Å². The van der Waals surface area contributed by atoms with E-state index in [4.69, 9.17) is 0 Å². The maximum Gasteiger partial charge on any atom is 0.0226 e. The molecule has 0 amide bonds. The van der Waals surface area contributed by atoms with Crippen LogP contribution in [0.15, 0.2) is 0 Å². The van der Waals surface area contributed by atoms with E-state index in [1.807, 2.05) is 0 Å². The van der Waals surface area contributed by atoms with Crippen LogP contribution in [0.4, 0.5) is 0 Å². The van der Waals surface area contributed by atoms with Crippen LogP contribution in [-0.2, 0) is 0 Å². The van der Waals surface area contributed by atoms with Crippen molar-refractivity contribution in [1.29, 1.82) is 0 Å². The zero-order valence-electron chi connectivity index (χ0n) is 12.2. The maximum atomic E-state index is 3.79. The standard InChI is InChI=1S/C15H31NS/c1-5-7-9-17-15-13(4)10-12(3)11-14(15)16-8-6-2/h12-16H,5-11H2,1-4H3. The van der Waals surface area contributed by atoms with E-state index in [1.165, 1.54) is 44.4 Å². The van der Waals surface area contributed by atoms with Gasteiger partial charge in [-0.3, -0.25) is 0 Å². The Morgan fingerprint density at radius 2 is 1.88 bits per heavy atom. The third-order valence-corrected chi connectivity index (χ3v) is 5.56. The highest BCUT2D eigenvalue weighted by Gasteiger charge is 2.33. The average molecular weight is 257 g/mol. The summed E-state index contributed by atoms with van der Waals surface area (Å²) in [6.45, 7) is 10.6. The van der Waals surface area contributed by atoms with E-state index in [0.717, 1.165) is 23.1 Å². The first kappa shape index (κ1) is 15.4. The molecule has 1 fully saturated rings. The number of unbranched alkanes of at least 4 members (excludes halogenated alkanes) is 1. The first-order valence-corrected chi connectivity index (χ1v) is 8.58. The lowest BCUT2D eigenvalue weighted by atomic mass is 9.80. The van der Waals surface area contributed by atoms with Crippen LogP contribution in [0.25, 0.3) is 0 Å². The Kier molecular flexibility index (Phi) is 7.61. The molecule has 17 heavy (non-hydrogen) atoms. The van der Waals surface area contributed by atoms with Gasteiger partial charge in [0.25, 0.3) is 0 Å². The van der Waals surface area contributed by atoms with Gasteiger partial charge >= 0.3 is 0 Å². The number of rotatable bonds is 7. The largest absolute Gasteiger partial charge is 0.313 e. The van der Waals surface area contributed by atoms with Crippen LogP contribution in [-0.4, -0.2) is 23.6 Å². The van der Waals surface area contributed by atoms with Gasteiger partial charge in [0.05, 0.1) is 0 Å². The van der Waals surface area contributed by atoms with Crippen molar-refractivity contribution < 1.29 is 0 Å². The molecule has 0 spiro atoms.